The van der Waals surface area contributed by atoms with Gasteiger partial charge in [-0.3, -0.25) is 14.8 Å². The maximum absolute atomic E-state index is 11.4. The van der Waals surface area contributed by atoms with Crippen molar-refractivity contribution in [3.05, 3.63) is 0 Å². The second kappa shape index (κ2) is 5.43. The Balaban J connectivity index is 4.45. The van der Waals surface area contributed by atoms with E-state index in [0.29, 0.717) is 0 Å². The molecule has 0 fully saturated rings. The van der Waals surface area contributed by atoms with Crippen LogP contribution in [-0.4, -0.2) is 31.9 Å². The monoisotopic (exact) mass is 239 g/mol. The highest BCUT2D eigenvalue weighted by Crippen LogP contribution is 2.17. The van der Waals surface area contributed by atoms with E-state index in [2.05, 4.69) is 4.89 Å². The van der Waals surface area contributed by atoms with Gasteiger partial charge in [0.05, 0.1) is 12.4 Å². The number of rotatable bonds is 5. The van der Waals surface area contributed by atoms with E-state index in [0.717, 1.165) is 6.26 Å². The molecule has 0 aliphatic carbocycles. The predicted molar refractivity (Wildman–Crippen MR) is 54.5 cm³/mol. The van der Waals surface area contributed by atoms with Crippen molar-refractivity contribution in [2.24, 2.45) is 11.8 Å². The molecule has 0 bridgehead atoms. The van der Waals surface area contributed by atoms with E-state index in [1.807, 2.05) is 4.72 Å². The lowest BCUT2D eigenvalue weighted by atomic mass is 9.91. The van der Waals surface area contributed by atoms with Crippen LogP contribution in [0, 0.1) is 11.8 Å². The highest BCUT2D eigenvalue weighted by Gasteiger charge is 2.27. The Morgan fingerprint density at radius 3 is 2.13 bits per heavy atom. The molecule has 0 aliphatic heterocycles. The van der Waals surface area contributed by atoms with Crippen LogP contribution in [0.3, 0.4) is 0 Å². The summed E-state index contributed by atoms with van der Waals surface area (Å²) in [4.78, 5) is 15.5. The van der Waals surface area contributed by atoms with Crippen molar-refractivity contribution in [2.75, 3.05) is 6.26 Å². The summed E-state index contributed by atoms with van der Waals surface area (Å²) in [6.07, 6.45) is 0.374. The molecule has 6 nitrogen and oxygen atoms in total. The van der Waals surface area contributed by atoms with Gasteiger partial charge in [0.15, 0.2) is 0 Å². The lowest BCUT2D eigenvalue weighted by molar-refractivity contribution is -0.286. The Labute approximate surface area is 89.6 Å². The fraction of sp³-hybridized carbons (Fsp3) is 0.875. The minimum absolute atomic E-state index is 0.295. The SMILES string of the molecule is CC(OO)C(C)C(C)C(=O)NS(C)(=O)=O. The molecule has 0 rings (SSSR count). The normalized spacial score (nSPS) is 17.9. The van der Waals surface area contributed by atoms with Gasteiger partial charge in [0.25, 0.3) is 0 Å². The van der Waals surface area contributed by atoms with Crippen LogP contribution in [0.25, 0.3) is 0 Å². The van der Waals surface area contributed by atoms with Gasteiger partial charge in [-0.2, -0.15) is 0 Å². The van der Waals surface area contributed by atoms with Gasteiger partial charge in [-0.1, -0.05) is 13.8 Å². The van der Waals surface area contributed by atoms with Crippen LogP contribution in [0.1, 0.15) is 20.8 Å². The van der Waals surface area contributed by atoms with Gasteiger partial charge in [-0.25, -0.2) is 13.3 Å². The van der Waals surface area contributed by atoms with Gasteiger partial charge in [0, 0.05) is 5.92 Å². The number of carbonyl (C=O) groups is 1. The van der Waals surface area contributed by atoms with Gasteiger partial charge in [0.1, 0.15) is 0 Å². The summed E-state index contributed by atoms with van der Waals surface area (Å²) in [7, 11) is -3.54. The Kier molecular flexibility index (Phi) is 5.19. The summed E-state index contributed by atoms with van der Waals surface area (Å²) in [6.45, 7) is 4.85. The van der Waals surface area contributed by atoms with Crippen LogP contribution >= 0.6 is 0 Å². The molecule has 0 aromatic heterocycles. The third-order valence-corrected chi connectivity index (χ3v) is 2.97. The van der Waals surface area contributed by atoms with E-state index in [1.54, 1.807) is 20.8 Å². The zero-order valence-electron chi connectivity index (χ0n) is 9.22. The average molecular weight is 239 g/mol. The summed E-state index contributed by atoms with van der Waals surface area (Å²) in [6, 6.07) is 0. The fourth-order valence-corrected chi connectivity index (χ4v) is 1.57. The first-order chi connectivity index (χ1) is 6.69. The topological polar surface area (TPSA) is 92.7 Å². The molecule has 0 saturated heterocycles. The van der Waals surface area contributed by atoms with Crippen LogP contribution in [0.4, 0.5) is 0 Å². The molecule has 0 heterocycles. The minimum atomic E-state index is -3.54. The van der Waals surface area contributed by atoms with Crippen molar-refractivity contribution in [1.29, 1.82) is 0 Å². The van der Waals surface area contributed by atoms with Gasteiger partial charge in [0.2, 0.25) is 15.9 Å². The first kappa shape index (κ1) is 14.3. The van der Waals surface area contributed by atoms with Crippen LogP contribution in [0.15, 0.2) is 0 Å². The van der Waals surface area contributed by atoms with Crippen molar-refractivity contribution < 1.29 is 23.4 Å². The van der Waals surface area contributed by atoms with Crippen molar-refractivity contribution in [1.82, 2.24) is 4.72 Å². The van der Waals surface area contributed by atoms with Crippen LogP contribution in [0.5, 0.6) is 0 Å². The van der Waals surface area contributed by atoms with E-state index in [4.69, 9.17) is 5.26 Å². The average Bonchev–Trinajstić information content (AvgIpc) is 2.11. The molecule has 3 atom stereocenters. The molecule has 3 unspecified atom stereocenters. The minimum Gasteiger partial charge on any atom is -0.274 e. The Morgan fingerprint density at radius 2 is 1.80 bits per heavy atom. The van der Waals surface area contributed by atoms with E-state index < -0.39 is 28.0 Å². The summed E-state index contributed by atoms with van der Waals surface area (Å²) >= 11 is 0. The predicted octanol–water partition coefficient (Wildman–Crippen LogP) is 0.212. The quantitative estimate of drug-likeness (QED) is 0.528. The Morgan fingerprint density at radius 1 is 1.33 bits per heavy atom. The molecule has 0 aliphatic rings. The third kappa shape index (κ3) is 5.10. The molecule has 0 aromatic rings. The standard InChI is InChI=1S/C8H17NO5S/c1-5(7(3)14-11)6(2)8(10)9-15(4,12)13/h5-7,11H,1-4H3,(H,9,10). The molecular weight excluding hydrogens is 222 g/mol. The molecule has 15 heavy (non-hydrogen) atoms. The number of hydrogen-bond donors (Lipinski definition) is 2. The van der Waals surface area contributed by atoms with Crippen LogP contribution < -0.4 is 4.72 Å². The fourth-order valence-electron chi connectivity index (χ4n) is 1.02. The first-order valence-electron chi connectivity index (χ1n) is 4.51. The number of sulfonamides is 1. The molecule has 0 spiro atoms. The summed E-state index contributed by atoms with van der Waals surface area (Å²) in [5, 5.41) is 8.42. The van der Waals surface area contributed by atoms with Crippen molar-refractivity contribution in [3.8, 4) is 0 Å². The zero-order chi connectivity index (χ0) is 12.2. The summed E-state index contributed by atoms with van der Waals surface area (Å²) in [5.74, 6) is -1.47. The van der Waals surface area contributed by atoms with Crippen molar-refractivity contribution in [3.63, 3.8) is 0 Å². The lowest BCUT2D eigenvalue weighted by Crippen LogP contribution is -2.39. The summed E-state index contributed by atoms with van der Waals surface area (Å²) < 4.78 is 23.5. The second-order valence-corrected chi connectivity index (χ2v) is 5.45. The molecule has 0 saturated carbocycles. The third-order valence-electron chi connectivity index (χ3n) is 2.39. The van der Waals surface area contributed by atoms with Crippen molar-refractivity contribution in [2.45, 2.75) is 26.9 Å². The molecule has 0 aromatic carbocycles. The van der Waals surface area contributed by atoms with Crippen LogP contribution in [-0.2, 0) is 19.7 Å². The maximum atomic E-state index is 11.4. The van der Waals surface area contributed by atoms with Gasteiger partial charge < -0.3 is 0 Å². The molecular formula is C8H17NO5S. The molecule has 7 heteroatoms. The van der Waals surface area contributed by atoms with Crippen molar-refractivity contribution >= 4 is 15.9 Å². The van der Waals surface area contributed by atoms with Gasteiger partial charge in [-0.05, 0) is 12.8 Å². The highest BCUT2D eigenvalue weighted by molar-refractivity contribution is 7.89. The molecule has 90 valence electrons. The van der Waals surface area contributed by atoms with Gasteiger partial charge >= 0.3 is 0 Å². The smallest absolute Gasteiger partial charge is 0.236 e. The second-order valence-electron chi connectivity index (χ2n) is 3.70. The largest absolute Gasteiger partial charge is 0.274 e. The first-order valence-corrected chi connectivity index (χ1v) is 6.40. The Hall–Kier alpha value is -0.660. The zero-order valence-corrected chi connectivity index (χ0v) is 10.0. The van der Waals surface area contributed by atoms with Gasteiger partial charge in [-0.15, -0.1) is 0 Å². The van der Waals surface area contributed by atoms with E-state index >= 15 is 0 Å². The Bertz CT molecular complexity index is 313. The number of amides is 1. The van der Waals surface area contributed by atoms with E-state index in [9.17, 15) is 13.2 Å². The van der Waals surface area contributed by atoms with Crippen LogP contribution in [0.2, 0.25) is 0 Å². The lowest BCUT2D eigenvalue weighted by Gasteiger charge is -2.22. The molecule has 2 N–H and O–H groups in total. The number of nitrogens with one attached hydrogen (secondary N) is 1. The maximum Gasteiger partial charge on any atom is 0.236 e. The molecule has 1 amide bonds. The number of hydrogen-bond acceptors (Lipinski definition) is 5. The summed E-state index contributed by atoms with van der Waals surface area (Å²) in [5.41, 5.74) is 0. The number of carbonyl (C=O) groups excluding carboxylic acids is 1. The molecule has 0 radical (unpaired) electrons. The highest BCUT2D eigenvalue weighted by atomic mass is 32.2. The van der Waals surface area contributed by atoms with E-state index in [1.165, 1.54) is 0 Å². The van der Waals surface area contributed by atoms with E-state index in [-0.39, 0.29) is 5.92 Å².